The number of ketones is 1. The number of aryl methyl sites for hydroxylation is 1. The van der Waals surface area contributed by atoms with Crippen LogP contribution in [0.3, 0.4) is 0 Å². The number of nitrogens with zero attached hydrogens (tertiary/aromatic N) is 2. The van der Waals surface area contributed by atoms with E-state index in [-0.39, 0.29) is 6.61 Å². The van der Waals surface area contributed by atoms with Crippen molar-refractivity contribution in [3.8, 4) is 0 Å². The van der Waals surface area contributed by atoms with Crippen LogP contribution in [-0.2, 0) is 9.53 Å². The second-order valence-corrected chi connectivity index (χ2v) is 4.94. The van der Waals surface area contributed by atoms with Crippen molar-refractivity contribution < 1.29 is 14.3 Å². The van der Waals surface area contributed by atoms with E-state index in [0.717, 1.165) is 5.56 Å². The van der Waals surface area contributed by atoms with Crippen LogP contribution in [0.5, 0.6) is 0 Å². The van der Waals surface area contributed by atoms with Gasteiger partial charge in [0.2, 0.25) is 11.8 Å². The van der Waals surface area contributed by atoms with E-state index in [2.05, 4.69) is 10.2 Å². The lowest BCUT2D eigenvalue weighted by molar-refractivity contribution is -0.143. The number of carbonyl (C=O) groups excluding carboxylic acids is 2. The predicted octanol–water partition coefficient (Wildman–Crippen LogP) is 3.89. The van der Waals surface area contributed by atoms with Gasteiger partial charge in [-0.2, -0.15) is 10.2 Å². The van der Waals surface area contributed by atoms with Gasteiger partial charge in [0.15, 0.2) is 0 Å². The molecular formula is C18H18N2O3. The fourth-order valence-corrected chi connectivity index (χ4v) is 1.92. The standard InChI is InChI=1S/C18H18N2O3/c1-3-23-18(22)16(17(21)14-7-5-4-6-8-14)20-19-15-11-9-13(2)10-12-15/h4-12,16H,3H2,1-2H3/b20-19+. The minimum atomic E-state index is -1.29. The van der Waals surface area contributed by atoms with Gasteiger partial charge in [-0.25, -0.2) is 4.79 Å². The van der Waals surface area contributed by atoms with Crippen LogP contribution < -0.4 is 0 Å². The van der Waals surface area contributed by atoms with E-state index in [0.29, 0.717) is 11.3 Å². The maximum atomic E-state index is 12.5. The molecule has 0 heterocycles. The molecule has 0 amide bonds. The van der Waals surface area contributed by atoms with Gasteiger partial charge in [-0.05, 0) is 26.0 Å². The average molecular weight is 310 g/mol. The summed E-state index contributed by atoms with van der Waals surface area (Å²) in [7, 11) is 0. The Morgan fingerprint density at radius 2 is 1.70 bits per heavy atom. The molecule has 2 aromatic rings. The number of Topliss-reactive ketones (excluding diaryl/α,β-unsaturated/α-hetero) is 1. The second kappa shape index (κ2) is 7.98. The molecule has 1 atom stereocenters. The van der Waals surface area contributed by atoms with E-state index in [1.54, 1.807) is 49.4 Å². The summed E-state index contributed by atoms with van der Waals surface area (Å²) >= 11 is 0. The van der Waals surface area contributed by atoms with Gasteiger partial charge in [0, 0.05) is 5.56 Å². The van der Waals surface area contributed by atoms with Crippen LogP contribution in [0.2, 0.25) is 0 Å². The van der Waals surface area contributed by atoms with Gasteiger partial charge in [-0.1, -0.05) is 48.0 Å². The molecule has 1 unspecified atom stereocenters. The Balaban J connectivity index is 2.25. The summed E-state index contributed by atoms with van der Waals surface area (Å²) in [5.41, 5.74) is 2.06. The molecule has 23 heavy (non-hydrogen) atoms. The molecular weight excluding hydrogens is 292 g/mol. The summed E-state index contributed by atoms with van der Waals surface area (Å²) in [6, 6.07) is 14.5. The Labute approximate surface area is 135 Å². The summed E-state index contributed by atoms with van der Waals surface area (Å²) in [4.78, 5) is 24.5. The van der Waals surface area contributed by atoms with Gasteiger partial charge in [-0.3, -0.25) is 4.79 Å². The molecule has 0 aromatic heterocycles. The third-order valence-corrected chi connectivity index (χ3v) is 3.14. The molecule has 0 bridgehead atoms. The Morgan fingerprint density at radius 1 is 1.04 bits per heavy atom. The van der Waals surface area contributed by atoms with Crippen LogP contribution >= 0.6 is 0 Å². The molecule has 2 rings (SSSR count). The molecule has 5 heteroatoms. The highest BCUT2D eigenvalue weighted by Crippen LogP contribution is 2.16. The Hall–Kier alpha value is -2.82. The summed E-state index contributed by atoms with van der Waals surface area (Å²) in [6.07, 6.45) is 0. The van der Waals surface area contributed by atoms with Gasteiger partial charge in [0.05, 0.1) is 12.3 Å². The van der Waals surface area contributed by atoms with Crippen LogP contribution in [0.1, 0.15) is 22.8 Å². The number of benzene rings is 2. The van der Waals surface area contributed by atoms with Crippen molar-refractivity contribution in [3.05, 3.63) is 65.7 Å². The van der Waals surface area contributed by atoms with Crippen molar-refractivity contribution in [2.24, 2.45) is 10.2 Å². The SMILES string of the molecule is CCOC(=O)C(/N=N/c1ccc(C)cc1)C(=O)c1ccccc1. The third-order valence-electron chi connectivity index (χ3n) is 3.14. The molecule has 118 valence electrons. The van der Waals surface area contributed by atoms with E-state index in [1.807, 2.05) is 19.1 Å². The van der Waals surface area contributed by atoms with E-state index < -0.39 is 17.8 Å². The van der Waals surface area contributed by atoms with E-state index in [1.165, 1.54) is 0 Å². The number of azo groups is 1. The Kier molecular flexibility index (Phi) is 5.74. The van der Waals surface area contributed by atoms with Gasteiger partial charge in [-0.15, -0.1) is 0 Å². The zero-order valence-electron chi connectivity index (χ0n) is 13.1. The Morgan fingerprint density at radius 3 is 2.30 bits per heavy atom. The molecule has 5 nitrogen and oxygen atoms in total. The largest absolute Gasteiger partial charge is 0.464 e. The summed E-state index contributed by atoms with van der Waals surface area (Å²) < 4.78 is 4.94. The smallest absolute Gasteiger partial charge is 0.341 e. The van der Waals surface area contributed by atoms with Crippen molar-refractivity contribution in [2.45, 2.75) is 19.9 Å². The minimum Gasteiger partial charge on any atom is -0.464 e. The summed E-state index contributed by atoms with van der Waals surface area (Å²) in [6.45, 7) is 3.82. The monoisotopic (exact) mass is 310 g/mol. The van der Waals surface area contributed by atoms with Crippen molar-refractivity contribution in [3.63, 3.8) is 0 Å². The molecule has 0 aliphatic heterocycles. The lowest BCUT2D eigenvalue weighted by Gasteiger charge is -2.09. The molecule has 0 fully saturated rings. The number of hydrogen-bond acceptors (Lipinski definition) is 5. The van der Waals surface area contributed by atoms with Crippen LogP contribution in [0.4, 0.5) is 5.69 Å². The molecule has 0 spiro atoms. The molecule has 0 saturated carbocycles. The van der Waals surface area contributed by atoms with Crippen LogP contribution in [0, 0.1) is 6.92 Å². The Bertz CT molecular complexity index is 694. The maximum Gasteiger partial charge on any atom is 0.341 e. The number of carbonyl (C=O) groups is 2. The van der Waals surface area contributed by atoms with Crippen LogP contribution in [-0.4, -0.2) is 24.4 Å². The van der Waals surface area contributed by atoms with Crippen molar-refractivity contribution >= 4 is 17.4 Å². The van der Waals surface area contributed by atoms with Crippen LogP contribution in [0.15, 0.2) is 64.8 Å². The summed E-state index contributed by atoms with van der Waals surface area (Å²) in [5, 5.41) is 7.92. The highest BCUT2D eigenvalue weighted by molar-refractivity contribution is 6.12. The molecule has 0 aliphatic rings. The van der Waals surface area contributed by atoms with E-state index >= 15 is 0 Å². The van der Waals surface area contributed by atoms with E-state index in [4.69, 9.17) is 4.74 Å². The predicted molar refractivity (Wildman–Crippen MR) is 86.9 cm³/mol. The molecule has 0 N–H and O–H groups in total. The van der Waals surface area contributed by atoms with Gasteiger partial charge in [0.1, 0.15) is 0 Å². The minimum absolute atomic E-state index is 0.178. The topological polar surface area (TPSA) is 68.1 Å². The van der Waals surface area contributed by atoms with Crippen molar-refractivity contribution in [1.29, 1.82) is 0 Å². The molecule has 0 radical (unpaired) electrons. The lowest BCUT2D eigenvalue weighted by Crippen LogP contribution is -2.30. The maximum absolute atomic E-state index is 12.5. The normalized spacial score (nSPS) is 12.1. The summed E-state index contributed by atoms with van der Waals surface area (Å²) in [5.74, 6) is -1.13. The average Bonchev–Trinajstić information content (AvgIpc) is 2.57. The first-order valence-corrected chi connectivity index (χ1v) is 7.35. The highest BCUT2D eigenvalue weighted by atomic mass is 16.5. The van der Waals surface area contributed by atoms with Gasteiger partial charge in [0.25, 0.3) is 0 Å². The van der Waals surface area contributed by atoms with E-state index in [9.17, 15) is 9.59 Å². The molecule has 0 saturated heterocycles. The highest BCUT2D eigenvalue weighted by Gasteiger charge is 2.29. The quantitative estimate of drug-likeness (QED) is 0.352. The number of rotatable bonds is 6. The molecule has 2 aromatic carbocycles. The second-order valence-electron chi connectivity index (χ2n) is 4.94. The first kappa shape index (κ1) is 16.5. The number of ether oxygens (including phenoxy) is 1. The lowest BCUT2D eigenvalue weighted by atomic mass is 10.1. The van der Waals surface area contributed by atoms with Crippen molar-refractivity contribution in [1.82, 2.24) is 0 Å². The zero-order chi connectivity index (χ0) is 16.7. The number of hydrogen-bond donors (Lipinski definition) is 0. The fourth-order valence-electron chi connectivity index (χ4n) is 1.92. The van der Waals surface area contributed by atoms with Gasteiger partial charge < -0.3 is 4.74 Å². The number of esters is 1. The fraction of sp³-hybridized carbons (Fsp3) is 0.222. The van der Waals surface area contributed by atoms with Gasteiger partial charge >= 0.3 is 5.97 Å². The van der Waals surface area contributed by atoms with Crippen molar-refractivity contribution in [2.75, 3.05) is 6.61 Å². The first-order chi connectivity index (χ1) is 11.1. The first-order valence-electron chi connectivity index (χ1n) is 7.35. The molecule has 0 aliphatic carbocycles. The third kappa shape index (κ3) is 4.57. The zero-order valence-corrected chi connectivity index (χ0v) is 13.1. The van der Waals surface area contributed by atoms with Crippen LogP contribution in [0.25, 0.3) is 0 Å².